The van der Waals surface area contributed by atoms with Crippen LogP contribution >= 0.6 is 12.4 Å². The third-order valence-electron chi connectivity index (χ3n) is 3.62. The number of amides is 2. The Morgan fingerprint density at radius 3 is 2.67 bits per heavy atom. The van der Waals surface area contributed by atoms with Crippen LogP contribution in [0.25, 0.3) is 0 Å². The number of rotatable bonds is 3. The molecule has 0 saturated carbocycles. The Labute approximate surface area is 128 Å². The second-order valence-corrected chi connectivity index (χ2v) is 5.23. The first-order valence-corrected chi connectivity index (χ1v) is 6.58. The molecule has 5 nitrogen and oxygen atoms in total. The lowest BCUT2D eigenvalue weighted by Crippen LogP contribution is -2.54. The van der Waals surface area contributed by atoms with Crippen LogP contribution in [0.1, 0.15) is 36.5 Å². The molecule has 7 heteroatoms. The molecule has 1 heterocycles. The van der Waals surface area contributed by atoms with Gasteiger partial charge in [0.1, 0.15) is 5.82 Å². The van der Waals surface area contributed by atoms with Gasteiger partial charge in [-0.15, -0.1) is 12.4 Å². The van der Waals surface area contributed by atoms with Crippen molar-refractivity contribution >= 4 is 29.9 Å². The first-order valence-electron chi connectivity index (χ1n) is 6.58. The zero-order chi connectivity index (χ0) is 14.8. The van der Waals surface area contributed by atoms with Crippen molar-refractivity contribution in [3.63, 3.8) is 0 Å². The minimum Gasteiger partial charge on any atom is -0.366 e. The monoisotopic (exact) mass is 315 g/mol. The zero-order valence-electron chi connectivity index (χ0n) is 11.7. The summed E-state index contributed by atoms with van der Waals surface area (Å²) in [6.07, 6.45) is 2.66. The Morgan fingerprint density at radius 2 is 2.10 bits per heavy atom. The summed E-state index contributed by atoms with van der Waals surface area (Å²) in [7, 11) is 0. The number of anilines is 1. The third-order valence-corrected chi connectivity index (χ3v) is 3.62. The minimum atomic E-state index is -0.715. The normalized spacial score (nSPS) is 21.2. The summed E-state index contributed by atoms with van der Waals surface area (Å²) in [4.78, 5) is 23.4. The van der Waals surface area contributed by atoms with Crippen molar-refractivity contribution in [2.24, 2.45) is 5.73 Å². The Kier molecular flexibility index (Phi) is 5.69. The number of nitrogens with two attached hydrogens (primary N) is 1. The van der Waals surface area contributed by atoms with E-state index in [1.54, 1.807) is 6.92 Å². The molecule has 116 valence electrons. The Morgan fingerprint density at radius 1 is 1.38 bits per heavy atom. The molecule has 1 unspecified atom stereocenters. The fourth-order valence-electron chi connectivity index (χ4n) is 2.28. The van der Waals surface area contributed by atoms with Gasteiger partial charge in [0.05, 0.1) is 11.2 Å². The number of carbonyl (C=O) groups is 2. The predicted molar refractivity (Wildman–Crippen MR) is 81.1 cm³/mol. The molecule has 2 amide bonds. The molecular formula is C14H19ClFN3O2. The highest BCUT2D eigenvalue weighted by molar-refractivity contribution is 6.00. The molecule has 0 aromatic heterocycles. The maximum Gasteiger partial charge on any atom is 0.248 e. The maximum atomic E-state index is 13.7. The SMILES string of the molecule is CC1(C(=O)Nc2cc(C(N)=O)ccc2F)CCCCN1.Cl. The summed E-state index contributed by atoms with van der Waals surface area (Å²) in [5, 5.41) is 5.68. The Hall–Kier alpha value is -1.66. The number of hydrogen-bond donors (Lipinski definition) is 3. The predicted octanol–water partition coefficient (Wildman–Crippen LogP) is 1.82. The summed E-state index contributed by atoms with van der Waals surface area (Å²) in [5.74, 6) is -1.57. The second-order valence-electron chi connectivity index (χ2n) is 5.23. The summed E-state index contributed by atoms with van der Waals surface area (Å²) >= 11 is 0. The van der Waals surface area contributed by atoms with E-state index in [4.69, 9.17) is 5.73 Å². The van der Waals surface area contributed by atoms with Gasteiger partial charge in [0.25, 0.3) is 0 Å². The van der Waals surface area contributed by atoms with Gasteiger partial charge < -0.3 is 16.4 Å². The largest absolute Gasteiger partial charge is 0.366 e. The first-order chi connectivity index (χ1) is 9.42. The van der Waals surface area contributed by atoms with E-state index in [-0.39, 0.29) is 29.6 Å². The maximum absolute atomic E-state index is 13.7. The molecular weight excluding hydrogens is 297 g/mol. The Balaban J connectivity index is 0.00000220. The number of halogens is 2. The molecule has 1 aromatic rings. The highest BCUT2D eigenvalue weighted by Crippen LogP contribution is 2.22. The van der Waals surface area contributed by atoms with Crippen molar-refractivity contribution < 1.29 is 14.0 Å². The van der Waals surface area contributed by atoms with Crippen molar-refractivity contribution in [3.8, 4) is 0 Å². The van der Waals surface area contributed by atoms with Crippen LogP contribution in [0.3, 0.4) is 0 Å². The van der Waals surface area contributed by atoms with E-state index in [2.05, 4.69) is 10.6 Å². The van der Waals surface area contributed by atoms with Gasteiger partial charge in [0.15, 0.2) is 0 Å². The molecule has 0 aliphatic carbocycles. The molecule has 0 bridgehead atoms. The van der Waals surface area contributed by atoms with Gasteiger partial charge in [-0.05, 0) is 50.9 Å². The average molecular weight is 316 g/mol. The highest BCUT2D eigenvalue weighted by atomic mass is 35.5. The second kappa shape index (κ2) is 6.87. The van der Waals surface area contributed by atoms with Crippen LogP contribution in [0.2, 0.25) is 0 Å². The molecule has 4 N–H and O–H groups in total. The van der Waals surface area contributed by atoms with Crippen LogP contribution in [-0.2, 0) is 4.79 Å². The first kappa shape index (κ1) is 17.4. The fourth-order valence-corrected chi connectivity index (χ4v) is 2.28. The van der Waals surface area contributed by atoms with Crippen molar-refractivity contribution in [1.82, 2.24) is 5.32 Å². The van der Waals surface area contributed by atoms with Crippen LogP contribution in [-0.4, -0.2) is 23.9 Å². The van der Waals surface area contributed by atoms with Gasteiger partial charge in [-0.1, -0.05) is 0 Å². The van der Waals surface area contributed by atoms with Crippen molar-refractivity contribution in [1.29, 1.82) is 0 Å². The fraction of sp³-hybridized carbons (Fsp3) is 0.429. The van der Waals surface area contributed by atoms with Gasteiger partial charge in [0, 0.05) is 5.56 Å². The molecule has 0 radical (unpaired) electrons. The zero-order valence-corrected chi connectivity index (χ0v) is 12.6. The quantitative estimate of drug-likeness (QED) is 0.795. The summed E-state index contributed by atoms with van der Waals surface area (Å²) in [6, 6.07) is 3.65. The minimum absolute atomic E-state index is 0. The molecule has 2 rings (SSSR count). The van der Waals surface area contributed by atoms with Gasteiger partial charge in [-0.3, -0.25) is 9.59 Å². The van der Waals surface area contributed by atoms with Crippen LogP contribution in [0.5, 0.6) is 0 Å². The van der Waals surface area contributed by atoms with Gasteiger partial charge in [0.2, 0.25) is 11.8 Å². The number of benzene rings is 1. The van der Waals surface area contributed by atoms with E-state index >= 15 is 0 Å². The van der Waals surface area contributed by atoms with E-state index in [0.717, 1.165) is 25.5 Å². The molecule has 1 fully saturated rings. The number of hydrogen-bond acceptors (Lipinski definition) is 3. The molecule has 1 saturated heterocycles. The van der Waals surface area contributed by atoms with E-state index in [1.165, 1.54) is 12.1 Å². The molecule has 1 aliphatic rings. The molecule has 0 spiro atoms. The van der Waals surface area contributed by atoms with Crippen LogP contribution in [0, 0.1) is 5.82 Å². The van der Waals surface area contributed by atoms with Crippen molar-refractivity contribution in [3.05, 3.63) is 29.6 Å². The van der Waals surface area contributed by atoms with Crippen LogP contribution < -0.4 is 16.4 Å². The van der Waals surface area contributed by atoms with Gasteiger partial charge >= 0.3 is 0 Å². The number of primary amides is 1. The standard InChI is InChI=1S/C14H18FN3O2.ClH/c1-14(6-2-3-7-17-14)13(20)18-11-8-9(12(16)19)4-5-10(11)15;/h4-5,8,17H,2-3,6-7H2,1H3,(H2,16,19)(H,18,20);1H. The summed E-state index contributed by atoms with van der Waals surface area (Å²) in [5.41, 5.74) is 4.56. The van der Waals surface area contributed by atoms with Gasteiger partial charge in [-0.2, -0.15) is 0 Å². The Bertz CT molecular complexity index is 545. The summed E-state index contributed by atoms with van der Waals surface area (Å²) < 4.78 is 13.7. The molecule has 1 aromatic carbocycles. The van der Waals surface area contributed by atoms with Crippen LogP contribution in [0.4, 0.5) is 10.1 Å². The number of nitrogens with one attached hydrogen (secondary N) is 2. The lowest BCUT2D eigenvalue weighted by Gasteiger charge is -2.33. The topological polar surface area (TPSA) is 84.2 Å². The van der Waals surface area contributed by atoms with E-state index < -0.39 is 17.3 Å². The van der Waals surface area contributed by atoms with E-state index in [9.17, 15) is 14.0 Å². The van der Waals surface area contributed by atoms with Gasteiger partial charge in [-0.25, -0.2) is 4.39 Å². The smallest absolute Gasteiger partial charge is 0.248 e. The average Bonchev–Trinajstić information content (AvgIpc) is 2.41. The summed E-state index contributed by atoms with van der Waals surface area (Å²) in [6.45, 7) is 2.55. The molecule has 1 aliphatic heterocycles. The molecule has 1 atom stereocenters. The highest BCUT2D eigenvalue weighted by Gasteiger charge is 2.34. The van der Waals surface area contributed by atoms with E-state index in [0.29, 0.717) is 6.42 Å². The van der Waals surface area contributed by atoms with Crippen LogP contribution in [0.15, 0.2) is 18.2 Å². The number of carbonyl (C=O) groups excluding carboxylic acids is 2. The van der Waals surface area contributed by atoms with Crippen molar-refractivity contribution in [2.75, 3.05) is 11.9 Å². The number of piperidine rings is 1. The third kappa shape index (κ3) is 3.92. The molecule has 21 heavy (non-hydrogen) atoms. The lowest BCUT2D eigenvalue weighted by atomic mass is 9.90. The lowest BCUT2D eigenvalue weighted by molar-refractivity contribution is -0.122. The van der Waals surface area contributed by atoms with Crippen molar-refractivity contribution in [2.45, 2.75) is 31.7 Å². The van der Waals surface area contributed by atoms with E-state index in [1.807, 2.05) is 0 Å².